The van der Waals surface area contributed by atoms with Gasteiger partial charge in [0.1, 0.15) is 5.75 Å². The van der Waals surface area contributed by atoms with E-state index in [4.69, 9.17) is 0 Å². The maximum absolute atomic E-state index is 12.6. The zero-order valence-electron chi connectivity index (χ0n) is 18.7. The minimum absolute atomic E-state index is 0.00732. The van der Waals surface area contributed by atoms with Crippen LogP contribution in [0.4, 0.5) is 13.2 Å². The summed E-state index contributed by atoms with van der Waals surface area (Å²) in [5.74, 6) is -0.434. The molecule has 2 aromatic rings. The lowest BCUT2D eigenvalue weighted by Crippen LogP contribution is -2.36. The molecule has 0 aliphatic carbocycles. The molecule has 0 spiro atoms. The van der Waals surface area contributed by atoms with Crippen LogP contribution in [-0.2, 0) is 11.2 Å². The van der Waals surface area contributed by atoms with Crippen LogP contribution in [-0.4, -0.2) is 42.8 Å². The number of ether oxygens (including phenoxy) is 1. The Morgan fingerprint density at radius 1 is 1.06 bits per heavy atom. The molecule has 1 amide bonds. The molecule has 2 aromatic carbocycles. The van der Waals surface area contributed by atoms with Crippen molar-refractivity contribution in [2.75, 3.05) is 19.6 Å². The van der Waals surface area contributed by atoms with Gasteiger partial charge in [-0.2, -0.15) is 0 Å². The average Bonchev–Trinajstić information content (AvgIpc) is 3.28. The number of alkyl halides is 3. The second-order valence-corrected chi connectivity index (χ2v) is 8.37. The van der Waals surface area contributed by atoms with Crippen LogP contribution in [0.1, 0.15) is 43.2 Å². The van der Waals surface area contributed by atoms with E-state index in [0.717, 1.165) is 44.5 Å². The van der Waals surface area contributed by atoms with Crippen molar-refractivity contribution in [1.82, 2.24) is 10.2 Å². The molecule has 0 unspecified atom stereocenters. The Kier molecular flexibility index (Phi) is 9.36. The van der Waals surface area contributed by atoms with E-state index >= 15 is 0 Å². The number of nitrogens with one attached hydrogen (secondary N) is 1. The average molecular weight is 461 g/mol. The molecule has 1 aliphatic rings. The zero-order chi connectivity index (χ0) is 23.5. The number of carbonyl (C=O) groups excluding carboxylic acids is 1. The van der Waals surface area contributed by atoms with Gasteiger partial charge in [0.05, 0.1) is 6.42 Å². The standard InChI is InChI=1S/C26H31F3N2O2/c27-26(28,29)33-24-15-13-22(14-16-24)20-25(32)30-23(12-7-19-31-17-4-5-18-31)11-6-10-21-8-2-1-3-9-21/h1-3,6,8-10,13-16,23H,4-5,7,11-12,17-20H2,(H,30,32)/b10-6+/t23-/m0/s1. The van der Waals surface area contributed by atoms with Crippen molar-refractivity contribution in [3.63, 3.8) is 0 Å². The number of hydrogen-bond acceptors (Lipinski definition) is 3. The monoisotopic (exact) mass is 460 g/mol. The van der Waals surface area contributed by atoms with Gasteiger partial charge in [0.25, 0.3) is 0 Å². The Hall–Kier alpha value is -2.80. The van der Waals surface area contributed by atoms with Gasteiger partial charge in [-0.1, -0.05) is 54.6 Å². The van der Waals surface area contributed by atoms with Crippen LogP contribution in [0.2, 0.25) is 0 Å². The summed E-state index contributed by atoms with van der Waals surface area (Å²) >= 11 is 0. The lowest BCUT2D eigenvalue weighted by molar-refractivity contribution is -0.274. The molecule has 3 rings (SSSR count). The van der Waals surface area contributed by atoms with Crippen LogP contribution in [0.15, 0.2) is 60.7 Å². The molecule has 33 heavy (non-hydrogen) atoms. The molecule has 1 saturated heterocycles. The summed E-state index contributed by atoms with van der Waals surface area (Å²) in [5.41, 5.74) is 1.75. The normalized spacial score (nSPS) is 15.6. The van der Waals surface area contributed by atoms with Crippen LogP contribution in [0, 0.1) is 0 Å². The highest BCUT2D eigenvalue weighted by Crippen LogP contribution is 2.23. The first-order valence-electron chi connectivity index (χ1n) is 11.5. The van der Waals surface area contributed by atoms with Crippen molar-refractivity contribution in [2.45, 2.75) is 50.9 Å². The third-order valence-corrected chi connectivity index (χ3v) is 5.64. The molecule has 1 heterocycles. The van der Waals surface area contributed by atoms with Gasteiger partial charge in [-0.15, -0.1) is 13.2 Å². The molecule has 0 bridgehead atoms. The first-order valence-corrected chi connectivity index (χ1v) is 11.5. The number of hydrogen-bond donors (Lipinski definition) is 1. The first-order chi connectivity index (χ1) is 15.9. The summed E-state index contributed by atoms with van der Waals surface area (Å²) in [6, 6.07) is 15.4. The van der Waals surface area contributed by atoms with Gasteiger partial charge in [-0.3, -0.25) is 4.79 Å². The van der Waals surface area contributed by atoms with Crippen LogP contribution >= 0.6 is 0 Å². The molecule has 7 heteroatoms. The van der Waals surface area contributed by atoms with Gasteiger partial charge in [0, 0.05) is 6.04 Å². The molecule has 0 radical (unpaired) electrons. The van der Waals surface area contributed by atoms with E-state index in [1.165, 1.54) is 37.1 Å². The SMILES string of the molecule is O=C(Cc1ccc(OC(F)(F)F)cc1)N[C@@H](C/C=C/c1ccccc1)CCCN1CCCC1. The topological polar surface area (TPSA) is 41.6 Å². The summed E-state index contributed by atoms with van der Waals surface area (Å²) in [4.78, 5) is 15.1. The van der Waals surface area contributed by atoms with E-state index in [1.54, 1.807) is 0 Å². The highest BCUT2D eigenvalue weighted by molar-refractivity contribution is 5.78. The number of rotatable bonds is 11. The van der Waals surface area contributed by atoms with Gasteiger partial charge in [-0.05, 0) is 75.0 Å². The smallest absolute Gasteiger partial charge is 0.406 e. The predicted octanol–water partition coefficient (Wildman–Crippen LogP) is 5.59. The van der Waals surface area contributed by atoms with E-state index in [1.807, 2.05) is 30.3 Å². The molecule has 4 nitrogen and oxygen atoms in total. The Balaban J connectivity index is 1.52. The van der Waals surface area contributed by atoms with Crippen LogP contribution < -0.4 is 10.1 Å². The minimum Gasteiger partial charge on any atom is -0.406 e. The number of likely N-dealkylation sites (tertiary alicyclic amines) is 1. The fourth-order valence-corrected chi connectivity index (χ4v) is 4.02. The fourth-order valence-electron chi connectivity index (χ4n) is 4.02. The molecule has 178 valence electrons. The third-order valence-electron chi connectivity index (χ3n) is 5.64. The number of carbonyl (C=O) groups is 1. The van der Waals surface area contributed by atoms with Gasteiger partial charge in [-0.25, -0.2) is 0 Å². The number of nitrogens with zero attached hydrogens (tertiary/aromatic N) is 1. The first kappa shape index (κ1) is 24.8. The van der Waals surface area contributed by atoms with Crippen molar-refractivity contribution in [3.05, 3.63) is 71.8 Å². The highest BCUT2D eigenvalue weighted by atomic mass is 19.4. The van der Waals surface area contributed by atoms with Crippen LogP contribution in [0.5, 0.6) is 5.75 Å². The Bertz CT molecular complexity index is 877. The molecular formula is C26H31F3N2O2. The number of benzene rings is 2. The summed E-state index contributed by atoms with van der Waals surface area (Å²) in [6.45, 7) is 3.34. The van der Waals surface area contributed by atoms with E-state index in [2.05, 4.69) is 27.1 Å². The van der Waals surface area contributed by atoms with Gasteiger partial charge >= 0.3 is 6.36 Å². The summed E-state index contributed by atoms with van der Waals surface area (Å²) < 4.78 is 40.8. The fraction of sp³-hybridized carbons (Fsp3) is 0.423. The molecule has 1 aliphatic heterocycles. The Morgan fingerprint density at radius 3 is 2.42 bits per heavy atom. The number of halogens is 3. The zero-order valence-corrected chi connectivity index (χ0v) is 18.7. The van der Waals surface area contributed by atoms with E-state index in [-0.39, 0.29) is 24.1 Å². The van der Waals surface area contributed by atoms with Crippen molar-refractivity contribution in [2.24, 2.45) is 0 Å². The van der Waals surface area contributed by atoms with Crippen LogP contribution in [0.3, 0.4) is 0 Å². The Morgan fingerprint density at radius 2 is 1.76 bits per heavy atom. The van der Waals surface area contributed by atoms with Gasteiger partial charge < -0.3 is 15.0 Å². The maximum atomic E-state index is 12.6. The minimum atomic E-state index is -4.73. The van der Waals surface area contributed by atoms with Gasteiger partial charge in [0.2, 0.25) is 5.91 Å². The van der Waals surface area contributed by atoms with E-state index < -0.39 is 6.36 Å². The highest BCUT2D eigenvalue weighted by Gasteiger charge is 2.31. The summed E-state index contributed by atoms with van der Waals surface area (Å²) in [7, 11) is 0. The van der Waals surface area contributed by atoms with Crippen LogP contribution in [0.25, 0.3) is 6.08 Å². The quantitative estimate of drug-likeness (QED) is 0.475. The molecule has 1 atom stereocenters. The summed E-state index contributed by atoms with van der Waals surface area (Å²) in [6.07, 6.45) is 4.63. The van der Waals surface area contributed by atoms with Gasteiger partial charge in [0.15, 0.2) is 0 Å². The van der Waals surface area contributed by atoms with E-state index in [9.17, 15) is 18.0 Å². The van der Waals surface area contributed by atoms with Crippen molar-refractivity contribution >= 4 is 12.0 Å². The van der Waals surface area contributed by atoms with Crippen molar-refractivity contribution in [3.8, 4) is 5.75 Å². The van der Waals surface area contributed by atoms with Crippen molar-refractivity contribution in [1.29, 1.82) is 0 Å². The molecule has 0 saturated carbocycles. The van der Waals surface area contributed by atoms with Crippen molar-refractivity contribution < 1.29 is 22.7 Å². The Labute approximate surface area is 193 Å². The lowest BCUT2D eigenvalue weighted by atomic mass is 10.0. The second kappa shape index (κ2) is 12.4. The molecule has 1 N–H and O–H groups in total. The second-order valence-electron chi connectivity index (χ2n) is 8.37. The van der Waals surface area contributed by atoms with E-state index in [0.29, 0.717) is 5.56 Å². The largest absolute Gasteiger partial charge is 0.573 e. The predicted molar refractivity (Wildman–Crippen MR) is 124 cm³/mol. The number of amides is 1. The maximum Gasteiger partial charge on any atom is 0.573 e. The third kappa shape index (κ3) is 9.70. The molecular weight excluding hydrogens is 429 g/mol. The lowest BCUT2D eigenvalue weighted by Gasteiger charge is -2.20. The summed E-state index contributed by atoms with van der Waals surface area (Å²) in [5, 5.41) is 3.11. The molecule has 0 aromatic heterocycles. The molecule has 1 fully saturated rings.